The molecule has 134 valence electrons. The number of nitrogens with zero attached hydrogens (tertiary/aromatic N) is 2. The van der Waals surface area contributed by atoms with E-state index in [4.69, 9.17) is 4.74 Å². The van der Waals surface area contributed by atoms with Gasteiger partial charge < -0.3 is 10.1 Å². The molecule has 0 saturated heterocycles. The van der Waals surface area contributed by atoms with Crippen molar-refractivity contribution in [1.82, 2.24) is 15.2 Å². The lowest BCUT2D eigenvalue weighted by atomic mass is 9.96. The van der Waals surface area contributed by atoms with Crippen molar-refractivity contribution in [3.63, 3.8) is 0 Å². The lowest BCUT2D eigenvalue weighted by Gasteiger charge is -2.24. The lowest BCUT2D eigenvalue weighted by molar-refractivity contribution is -0.121. The fraction of sp³-hybridized carbons (Fsp3) is 0.150. The molecule has 3 heterocycles. The van der Waals surface area contributed by atoms with Gasteiger partial charge in [-0.05, 0) is 35.7 Å². The zero-order valence-electron chi connectivity index (χ0n) is 14.3. The van der Waals surface area contributed by atoms with E-state index in [9.17, 15) is 4.79 Å². The summed E-state index contributed by atoms with van der Waals surface area (Å²) in [6.45, 7) is 0.387. The largest absolute Gasteiger partial charge is 0.492 e. The number of hydrogen-bond donors (Lipinski definition) is 2. The van der Waals surface area contributed by atoms with Crippen LogP contribution in [0.25, 0.3) is 21.3 Å². The quantitative estimate of drug-likeness (QED) is 0.569. The highest BCUT2D eigenvalue weighted by atomic mass is 32.1. The predicted molar refractivity (Wildman–Crippen MR) is 105 cm³/mol. The van der Waals surface area contributed by atoms with E-state index < -0.39 is 0 Å². The summed E-state index contributed by atoms with van der Waals surface area (Å²) in [4.78, 5) is 17.2. The molecule has 0 fully saturated rings. The van der Waals surface area contributed by atoms with Crippen molar-refractivity contribution in [3.8, 4) is 16.9 Å². The SMILES string of the molecule is O=C(Nc1nc2ccc(-c3cn[nH]c3)cc2s1)C1COc2ccccc2C1. The average Bonchev–Trinajstić information content (AvgIpc) is 3.36. The molecule has 2 aromatic heterocycles. The molecule has 5 rings (SSSR count). The zero-order chi connectivity index (χ0) is 18.2. The molecule has 6 nitrogen and oxygen atoms in total. The van der Waals surface area contributed by atoms with E-state index in [1.54, 1.807) is 6.20 Å². The second-order valence-corrected chi connectivity index (χ2v) is 7.53. The second kappa shape index (κ2) is 6.51. The van der Waals surface area contributed by atoms with Crippen LogP contribution in [-0.2, 0) is 11.2 Å². The molecule has 0 spiro atoms. The summed E-state index contributed by atoms with van der Waals surface area (Å²) < 4.78 is 6.75. The van der Waals surface area contributed by atoms with Crippen LogP contribution in [0.3, 0.4) is 0 Å². The maximum absolute atomic E-state index is 12.7. The molecule has 0 bridgehead atoms. The van der Waals surface area contributed by atoms with Crippen molar-refractivity contribution in [2.24, 2.45) is 5.92 Å². The standard InChI is InChI=1S/C20H16N4O2S/c25-19(14-7-13-3-1-2-4-17(13)26-11-14)24-20-23-16-6-5-12(8-18(16)27-20)15-9-21-22-10-15/h1-6,8-10,14H,7,11H2,(H,21,22)(H,23,24,25). The fourth-order valence-electron chi connectivity index (χ4n) is 3.27. The van der Waals surface area contributed by atoms with Crippen molar-refractivity contribution >= 4 is 32.6 Å². The fourth-order valence-corrected chi connectivity index (χ4v) is 4.18. The number of anilines is 1. The van der Waals surface area contributed by atoms with E-state index in [0.717, 1.165) is 32.7 Å². The van der Waals surface area contributed by atoms with Gasteiger partial charge in [-0.1, -0.05) is 35.6 Å². The summed E-state index contributed by atoms with van der Waals surface area (Å²) in [5.74, 6) is 0.598. The minimum absolute atomic E-state index is 0.0568. The van der Waals surface area contributed by atoms with Gasteiger partial charge in [0.25, 0.3) is 0 Å². The Balaban J connectivity index is 1.35. The highest BCUT2D eigenvalue weighted by molar-refractivity contribution is 7.22. The third kappa shape index (κ3) is 3.06. The smallest absolute Gasteiger partial charge is 0.233 e. The maximum Gasteiger partial charge on any atom is 0.233 e. The van der Waals surface area contributed by atoms with E-state index >= 15 is 0 Å². The molecule has 0 radical (unpaired) electrons. The van der Waals surface area contributed by atoms with Crippen LogP contribution in [0, 0.1) is 5.92 Å². The molecule has 27 heavy (non-hydrogen) atoms. The van der Waals surface area contributed by atoms with Crippen LogP contribution >= 0.6 is 11.3 Å². The average molecular weight is 376 g/mol. The summed E-state index contributed by atoms with van der Waals surface area (Å²) in [6.07, 6.45) is 4.31. The van der Waals surface area contributed by atoms with E-state index in [2.05, 4.69) is 26.6 Å². The Morgan fingerprint density at radius 3 is 3.04 bits per heavy atom. The minimum atomic E-state index is -0.214. The number of H-pyrrole nitrogens is 1. The lowest BCUT2D eigenvalue weighted by Crippen LogP contribution is -2.32. The first-order chi connectivity index (χ1) is 13.3. The molecule has 7 heteroatoms. The van der Waals surface area contributed by atoms with Gasteiger partial charge in [-0.2, -0.15) is 5.10 Å². The molecule has 0 saturated carbocycles. The highest BCUT2D eigenvalue weighted by Gasteiger charge is 2.26. The normalized spacial score (nSPS) is 15.9. The Morgan fingerprint density at radius 1 is 1.22 bits per heavy atom. The highest BCUT2D eigenvalue weighted by Crippen LogP contribution is 2.31. The number of benzene rings is 2. The number of para-hydroxylation sites is 1. The number of amides is 1. The Bertz CT molecular complexity index is 1120. The summed E-state index contributed by atoms with van der Waals surface area (Å²) in [7, 11) is 0. The van der Waals surface area contributed by atoms with Gasteiger partial charge in [0.15, 0.2) is 5.13 Å². The van der Waals surface area contributed by atoms with Crippen molar-refractivity contribution in [2.75, 3.05) is 11.9 Å². The van der Waals surface area contributed by atoms with Crippen molar-refractivity contribution in [3.05, 3.63) is 60.4 Å². The number of nitrogens with one attached hydrogen (secondary N) is 2. The van der Waals surface area contributed by atoms with Crippen LogP contribution in [0.2, 0.25) is 0 Å². The van der Waals surface area contributed by atoms with Gasteiger partial charge in [0.05, 0.1) is 22.3 Å². The van der Waals surface area contributed by atoms with Gasteiger partial charge in [0.1, 0.15) is 12.4 Å². The number of rotatable bonds is 3. The Labute approximate surface area is 159 Å². The van der Waals surface area contributed by atoms with E-state index in [1.165, 1.54) is 11.3 Å². The zero-order valence-corrected chi connectivity index (χ0v) is 15.1. The first-order valence-electron chi connectivity index (χ1n) is 8.67. The van der Waals surface area contributed by atoms with Gasteiger partial charge in [-0.15, -0.1) is 0 Å². The molecular weight excluding hydrogens is 360 g/mol. The topological polar surface area (TPSA) is 79.9 Å². The monoisotopic (exact) mass is 376 g/mol. The number of thiazole rings is 1. The minimum Gasteiger partial charge on any atom is -0.492 e. The molecule has 1 atom stereocenters. The molecule has 2 N–H and O–H groups in total. The van der Waals surface area contributed by atoms with Crippen molar-refractivity contribution in [2.45, 2.75) is 6.42 Å². The van der Waals surface area contributed by atoms with Gasteiger partial charge in [0, 0.05) is 11.8 Å². The Kier molecular flexibility index (Phi) is 3.86. The van der Waals surface area contributed by atoms with Gasteiger partial charge in [-0.25, -0.2) is 4.98 Å². The van der Waals surface area contributed by atoms with Gasteiger partial charge in [-0.3, -0.25) is 9.89 Å². The molecule has 1 amide bonds. The summed E-state index contributed by atoms with van der Waals surface area (Å²) >= 11 is 1.47. The number of fused-ring (bicyclic) bond motifs is 2. The molecule has 0 aliphatic carbocycles. The van der Waals surface area contributed by atoms with Crippen LogP contribution in [-0.4, -0.2) is 27.7 Å². The van der Waals surface area contributed by atoms with E-state index in [0.29, 0.717) is 18.2 Å². The third-order valence-corrected chi connectivity index (χ3v) is 5.63. The third-order valence-electron chi connectivity index (χ3n) is 4.70. The van der Waals surface area contributed by atoms with E-state index in [1.807, 2.05) is 42.6 Å². The maximum atomic E-state index is 12.7. The number of ether oxygens (including phenoxy) is 1. The predicted octanol–water partition coefficient (Wildman–Crippen LogP) is 3.88. The Morgan fingerprint density at radius 2 is 2.15 bits per heavy atom. The number of hydrogen-bond acceptors (Lipinski definition) is 5. The summed E-state index contributed by atoms with van der Waals surface area (Å²) in [5.41, 5.74) is 4.02. The van der Waals surface area contributed by atoms with Crippen molar-refractivity contribution in [1.29, 1.82) is 0 Å². The number of aromatic nitrogens is 3. The molecule has 1 aliphatic rings. The van der Waals surface area contributed by atoms with Crippen LogP contribution < -0.4 is 10.1 Å². The molecule has 2 aromatic carbocycles. The molecule has 1 unspecified atom stereocenters. The van der Waals surface area contributed by atoms with Crippen LogP contribution in [0.4, 0.5) is 5.13 Å². The molecule has 4 aromatic rings. The van der Waals surface area contributed by atoms with Gasteiger partial charge in [0.2, 0.25) is 5.91 Å². The molecular formula is C20H16N4O2S. The molecule has 1 aliphatic heterocycles. The number of aromatic amines is 1. The van der Waals surface area contributed by atoms with Gasteiger partial charge >= 0.3 is 0 Å². The second-order valence-electron chi connectivity index (χ2n) is 6.50. The number of carbonyl (C=O) groups is 1. The Hall–Kier alpha value is -3.19. The summed E-state index contributed by atoms with van der Waals surface area (Å²) in [6, 6.07) is 13.9. The number of carbonyl (C=O) groups excluding carboxylic acids is 1. The first-order valence-corrected chi connectivity index (χ1v) is 9.49. The first kappa shape index (κ1) is 16.0. The van der Waals surface area contributed by atoms with Crippen LogP contribution in [0.15, 0.2) is 54.9 Å². The van der Waals surface area contributed by atoms with E-state index in [-0.39, 0.29) is 11.8 Å². The van der Waals surface area contributed by atoms with Crippen LogP contribution in [0.1, 0.15) is 5.56 Å². The summed E-state index contributed by atoms with van der Waals surface area (Å²) in [5, 5.41) is 10.4. The van der Waals surface area contributed by atoms with Crippen molar-refractivity contribution < 1.29 is 9.53 Å². The van der Waals surface area contributed by atoms with Crippen LogP contribution in [0.5, 0.6) is 5.75 Å².